The maximum Gasteiger partial charge on any atom is 0.274 e. The first kappa shape index (κ1) is 14.5. The van der Waals surface area contributed by atoms with Crippen LogP contribution in [0.25, 0.3) is 0 Å². The number of amides is 1. The number of hydrogen-bond acceptors (Lipinski definition) is 4. The molecule has 0 unspecified atom stereocenters. The summed E-state index contributed by atoms with van der Waals surface area (Å²) in [5.74, 6) is -0.129. The van der Waals surface area contributed by atoms with Crippen LogP contribution in [-0.2, 0) is 6.54 Å². The Morgan fingerprint density at radius 2 is 1.86 bits per heavy atom. The van der Waals surface area contributed by atoms with E-state index in [-0.39, 0.29) is 17.2 Å². The normalized spacial score (nSPS) is 15.7. The van der Waals surface area contributed by atoms with Crippen molar-refractivity contribution in [2.45, 2.75) is 6.54 Å². The minimum Gasteiger partial charge on any atom is -0.335 e. The van der Waals surface area contributed by atoms with E-state index in [9.17, 15) is 9.59 Å². The molecule has 1 aliphatic rings. The van der Waals surface area contributed by atoms with Crippen LogP contribution < -0.4 is 5.56 Å². The standard InChI is InChI=1S/C16H18N4O2/c21-15-11-17-14(10-18-15)16(22)20-8-6-19(7-9-20)12-13-4-2-1-3-5-13/h1-5,10-11H,6-9,12H2,(H,18,21). The molecule has 0 radical (unpaired) electrons. The summed E-state index contributed by atoms with van der Waals surface area (Å²) in [7, 11) is 0. The van der Waals surface area contributed by atoms with Crippen LogP contribution in [0.15, 0.2) is 47.5 Å². The fourth-order valence-corrected chi connectivity index (χ4v) is 2.57. The van der Waals surface area contributed by atoms with E-state index < -0.39 is 0 Å². The van der Waals surface area contributed by atoms with E-state index >= 15 is 0 Å². The summed E-state index contributed by atoms with van der Waals surface area (Å²) in [6.45, 7) is 3.92. The largest absolute Gasteiger partial charge is 0.335 e. The van der Waals surface area contributed by atoms with E-state index in [2.05, 4.69) is 27.0 Å². The number of hydrogen-bond donors (Lipinski definition) is 1. The van der Waals surface area contributed by atoms with E-state index in [1.165, 1.54) is 11.8 Å². The number of piperazine rings is 1. The average molecular weight is 298 g/mol. The Balaban J connectivity index is 1.56. The molecule has 114 valence electrons. The van der Waals surface area contributed by atoms with Crippen molar-refractivity contribution in [3.8, 4) is 0 Å². The summed E-state index contributed by atoms with van der Waals surface area (Å²) in [5, 5.41) is 0. The second-order valence-electron chi connectivity index (χ2n) is 5.35. The molecule has 2 aromatic rings. The Morgan fingerprint density at radius 1 is 1.14 bits per heavy atom. The quantitative estimate of drug-likeness (QED) is 0.907. The van der Waals surface area contributed by atoms with E-state index in [1.54, 1.807) is 4.90 Å². The third-order valence-electron chi connectivity index (χ3n) is 3.80. The highest BCUT2D eigenvalue weighted by molar-refractivity contribution is 5.92. The van der Waals surface area contributed by atoms with Crippen LogP contribution in [0.2, 0.25) is 0 Å². The van der Waals surface area contributed by atoms with Crippen LogP contribution in [0.1, 0.15) is 16.1 Å². The van der Waals surface area contributed by atoms with Crippen molar-refractivity contribution in [2.24, 2.45) is 0 Å². The molecule has 22 heavy (non-hydrogen) atoms. The molecule has 0 atom stereocenters. The molecule has 1 N–H and O–H groups in total. The third-order valence-corrected chi connectivity index (χ3v) is 3.80. The highest BCUT2D eigenvalue weighted by atomic mass is 16.2. The first-order valence-corrected chi connectivity index (χ1v) is 7.33. The van der Waals surface area contributed by atoms with Gasteiger partial charge in [-0.15, -0.1) is 0 Å². The van der Waals surface area contributed by atoms with Gasteiger partial charge in [0.2, 0.25) is 0 Å². The Hall–Kier alpha value is -2.47. The molecule has 1 fully saturated rings. The first-order chi connectivity index (χ1) is 10.7. The molecule has 0 spiro atoms. The molecule has 1 aromatic heterocycles. The van der Waals surface area contributed by atoms with Crippen molar-refractivity contribution in [2.75, 3.05) is 26.2 Å². The number of H-pyrrole nitrogens is 1. The predicted molar refractivity (Wildman–Crippen MR) is 82.5 cm³/mol. The van der Waals surface area contributed by atoms with Gasteiger partial charge in [-0.2, -0.15) is 0 Å². The predicted octanol–water partition coefficient (Wildman–Crippen LogP) is 0.728. The van der Waals surface area contributed by atoms with Gasteiger partial charge in [0.05, 0.1) is 6.20 Å². The van der Waals surface area contributed by atoms with Crippen LogP contribution in [0, 0.1) is 0 Å². The van der Waals surface area contributed by atoms with E-state index in [0.717, 1.165) is 25.8 Å². The number of aromatic nitrogens is 2. The summed E-state index contributed by atoms with van der Waals surface area (Å²) < 4.78 is 0. The van der Waals surface area contributed by atoms with Crippen molar-refractivity contribution in [3.63, 3.8) is 0 Å². The highest BCUT2D eigenvalue weighted by Gasteiger charge is 2.22. The Bertz CT molecular complexity index is 670. The molecule has 1 aliphatic heterocycles. The van der Waals surface area contributed by atoms with Gasteiger partial charge in [-0.25, -0.2) is 4.98 Å². The number of nitrogens with zero attached hydrogens (tertiary/aromatic N) is 3. The maximum atomic E-state index is 12.3. The number of aromatic amines is 1. The van der Waals surface area contributed by atoms with E-state index in [1.807, 2.05) is 18.2 Å². The molecule has 0 saturated carbocycles. The number of nitrogens with one attached hydrogen (secondary N) is 1. The lowest BCUT2D eigenvalue weighted by atomic mass is 10.2. The van der Waals surface area contributed by atoms with Crippen LogP contribution >= 0.6 is 0 Å². The fraction of sp³-hybridized carbons (Fsp3) is 0.312. The zero-order valence-corrected chi connectivity index (χ0v) is 12.2. The van der Waals surface area contributed by atoms with Crippen LogP contribution in [0.3, 0.4) is 0 Å². The zero-order valence-electron chi connectivity index (χ0n) is 12.2. The minimum atomic E-state index is -0.302. The van der Waals surface area contributed by atoms with Gasteiger partial charge in [0.1, 0.15) is 5.69 Å². The number of carbonyl (C=O) groups excluding carboxylic acids is 1. The molecule has 3 rings (SSSR count). The SMILES string of the molecule is O=C(c1c[nH]c(=O)cn1)N1CCN(Cc2ccccc2)CC1. The number of carbonyl (C=O) groups is 1. The van der Waals surface area contributed by atoms with Gasteiger partial charge in [-0.3, -0.25) is 14.5 Å². The van der Waals surface area contributed by atoms with Crippen LogP contribution in [0.4, 0.5) is 0 Å². The van der Waals surface area contributed by atoms with Crippen molar-refractivity contribution < 1.29 is 4.79 Å². The molecule has 1 aromatic carbocycles. The lowest BCUT2D eigenvalue weighted by Gasteiger charge is -2.34. The molecule has 1 saturated heterocycles. The first-order valence-electron chi connectivity index (χ1n) is 7.33. The van der Waals surface area contributed by atoms with Gasteiger partial charge in [0.15, 0.2) is 0 Å². The van der Waals surface area contributed by atoms with Gasteiger partial charge >= 0.3 is 0 Å². The summed E-state index contributed by atoms with van der Waals surface area (Å²) in [5.41, 5.74) is 1.27. The van der Waals surface area contributed by atoms with Crippen LogP contribution in [-0.4, -0.2) is 51.9 Å². The smallest absolute Gasteiger partial charge is 0.274 e. The highest BCUT2D eigenvalue weighted by Crippen LogP contribution is 2.10. The maximum absolute atomic E-state index is 12.3. The van der Waals surface area contributed by atoms with Gasteiger partial charge in [0.25, 0.3) is 11.5 Å². The summed E-state index contributed by atoms with van der Waals surface area (Å²) >= 11 is 0. The molecule has 0 aliphatic carbocycles. The molecule has 0 bridgehead atoms. The Morgan fingerprint density at radius 3 is 2.50 bits per heavy atom. The van der Waals surface area contributed by atoms with E-state index in [4.69, 9.17) is 0 Å². The fourth-order valence-electron chi connectivity index (χ4n) is 2.57. The number of rotatable bonds is 3. The average Bonchev–Trinajstić information content (AvgIpc) is 2.57. The molecular formula is C16H18N4O2. The molecule has 2 heterocycles. The summed E-state index contributed by atoms with van der Waals surface area (Å²) in [4.78, 5) is 33.8. The molecule has 1 amide bonds. The molecular weight excluding hydrogens is 280 g/mol. The Kier molecular flexibility index (Phi) is 4.29. The van der Waals surface area contributed by atoms with Gasteiger partial charge in [0, 0.05) is 38.9 Å². The monoisotopic (exact) mass is 298 g/mol. The van der Waals surface area contributed by atoms with Crippen LogP contribution in [0.5, 0.6) is 0 Å². The summed E-state index contributed by atoms with van der Waals surface area (Å²) in [6, 6.07) is 10.3. The second-order valence-corrected chi connectivity index (χ2v) is 5.35. The second kappa shape index (κ2) is 6.53. The van der Waals surface area contributed by atoms with E-state index in [0.29, 0.717) is 13.1 Å². The Labute approximate surface area is 128 Å². The van der Waals surface area contributed by atoms with Crippen molar-refractivity contribution in [3.05, 3.63) is 64.3 Å². The van der Waals surface area contributed by atoms with Crippen molar-refractivity contribution >= 4 is 5.91 Å². The molecule has 6 nitrogen and oxygen atoms in total. The topological polar surface area (TPSA) is 69.3 Å². The van der Waals surface area contributed by atoms with Crippen molar-refractivity contribution in [1.82, 2.24) is 19.8 Å². The lowest BCUT2D eigenvalue weighted by Crippen LogP contribution is -2.48. The van der Waals surface area contributed by atoms with Gasteiger partial charge < -0.3 is 9.88 Å². The van der Waals surface area contributed by atoms with Crippen molar-refractivity contribution in [1.29, 1.82) is 0 Å². The zero-order chi connectivity index (χ0) is 15.4. The minimum absolute atomic E-state index is 0.129. The van der Waals surface area contributed by atoms with Gasteiger partial charge in [-0.05, 0) is 5.56 Å². The lowest BCUT2D eigenvalue weighted by molar-refractivity contribution is 0.0622. The van der Waals surface area contributed by atoms with Gasteiger partial charge in [-0.1, -0.05) is 30.3 Å². The number of benzene rings is 1. The molecule has 6 heteroatoms. The summed E-state index contributed by atoms with van der Waals surface area (Å²) in [6.07, 6.45) is 2.51. The third kappa shape index (κ3) is 3.40.